The molecule has 1 fully saturated rings. The predicted molar refractivity (Wildman–Crippen MR) is 94.9 cm³/mol. The van der Waals surface area contributed by atoms with Crippen LogP contribution in [0.5, 0.6) is 0 Å². The Morgan fingerprint density at radius 1 is 1.21 bits per heavy atom. The number of anilines is 1. The molecule has 0 saturated carbocycles. The van der Waals surface area contributed by atoms with Gasteiger partial charge in [-0.15, -0.1) is 0 Å². The molecule has 0 bridgehead atoms. The van der Waals surface area contributed by atoms with Gasteiger partial charge >= 0.3 is 0 Å². The summed E-state index contributed by atoms with van der Waals surface area (Å²) in [5, 5.41) is 4.31. The zero-order chi connectivity index (χ0) is 16.4. The van der Waals surface area contributed by atoms with Gasteiger partial charge in [0.1, 0.15) is 0 Å². The van der Waals surface area contributed by atoms with E-state index in [9.17, 15) is 4.79 Å². The molecule has 0 radical (unpaired) electrons. The Balaban J connectivity index is 1.52. The molecule has 0 amide bonds. The van der Waals surface area contributed by atoms with Crippen molar-refractivity contribution >= 4 is 17.3 Å². The van der Waals surface area contributed by atoms with Crippen LogP contribution in [-0.4, -0.2) is 54.3 Å². The zero-order valence-electron chi connectivity index (χ0n) is 13.7. The summed E-state index contributed by atoms with van der Waals surface area (Å²) in [5.74, 6) is 0.702. The number of hydrogen-bond donors (Lipinski definition) is 1. The van der Waals surface area contributed by atoms with Gasteiger partial charge in [0.25, 0.3) is 5.56 Å². The minimum Gasteiger partial charge on any atom is -0.378 e. The highest BCUT2D eigenvalue weighted by Crippen LogP contribution is 2.17. The molecule has 6 nitrogen and oxygen atoms in total. The van der Waals surface area contributed by atoms with Crippen LogP contribution < -0.4 is 10.5 Å². The molecule has 4 heterocycles. The Kier molecular flexibility index (Phi) is 4.64. The van der Waals surface area contributed by atoms with Gasteiger partial charge < -0.3 is 9.64 Å². The number of nitrogens with one attached hydrogen (secondary N) is 1. The topological polar surface area (TPSA) is 61.5 Å². The summed E-state index contributed by atoms with van der Waals surface area (Å²) in [6.45, 7) is 5.75. The van der Waals surface area contributed by atoms with Gasteiger partial charge in [0, 0.05) is 44.7 Å². The molecule has 7 heteroatoms. The first kappa shape index (κ1) is 15.8. The average molecular weight is 346 g/mol. The third kappa shape index (κ3) is 3.38. The molecular formula is C17H22N4O2S. The van der Waals surface area contributed by atoms with Crippen molar-refractivity contribution in [1.29, 1.82) is 0 Å². The van der Waals surface area contributed by atoms with Gasteiger partial charge in [-0.2, -0.15) is 11.3 Å². The maximum atomic E-state index is 12.5. The van der Waals surface area contributed by atoms with Crippen LogP contribution in [0.4, 0.5) is 5.95 Å². The third-order valence-corrected chi connectivity index (χ3v) is 5.46. The predicted octanol–water partition coefficient (Wildman–Crippen LogP) is 1.27. The first-order chi connectivity index (χ1) is 11.8. The van der Waals surface area contributed by atoms with E-state index < -0.39 is 0 Å². The van der Waals surface area contributed by atoms with Crippen molar-refractivity contribution in [2.45, 2.75) is 19.4 Å². The van der Waals surface area contributed by atoms with E-state index in [1.165, 1.54) is 5.56 Å². The van der Waals surface area contributed by atoms with Crippen molar-refractivity contribution in [1.82, 2.24) is 14.9 Å². The van der Waals surface area contributed by atoms with Gasteiger partial charge in [0.2, 0.25) is 5.95 Å². The fraction of sp³-hybridized carbons (Fsp3) is 0.529. The lowest BCUT2D eigenvalue weighted by Crippen LogP contribution is -2.38. The molecule has 0 unspecified atom stereocenters. The quantitative estimate of drug-likeness (QED) is 0.907. The first-order valence-electron chi connectivity index (χ1n) is 8.48. The molecule has 0 aromatic carbocycles. The van der Waals surface area contributed by atoms with Crippen LogP contribution in [-0.2, 0) is 24.1 Å². The van der Waals surface area contributed by atoms with Crippen molar-refractivity contribution < 1.29 is 4.74 Å². The van der Waals surface area contributed by atoms with Crippen LogP contribution in [0.15, 0.2) is 21.6 Å². The highest BCUT2D eigenvalue weighted by Gasteiger charge is 2.21. The van der Waals surface area contributed by atoms with E-state index in [1.54, 1.807) is 11.3 Å². The smallest absolute Gasteiger partial charge is 0.255 e. The van der Waals surface area contributed by atoms with E-state index in [1.807, 2.05) is 0 Å². The Morgan fingerprint density at radius 2 is 2.04 bits per heavy atom. The molecule has 0 aliphatic carbocycles. The summed E-state index contributed by atoms with van der Waals surface area (Å²) in [6, 6.07) is 2.17. The molecule has 128 valence electrons. The van der Waals surface area contributed by atoms with Crippen LogP contribution in [0.2, 0.25) is 0 Å². The van der Waals surface area contributed by atoms with Crippen LogP contribution in [0.25, 0.3) is 0 Å². The lowest BCUT2D eigenvalue weighted by atomic mass is 10.1. The van der Waals surface area contributed by atoms with Crippen LogP contribution in [0, 0.1) is 0 Å². The largest absolute Gasteiger partial charge is 0.378 e. The molecule has 2 aliphatic rings. The number of morpholine rings is 1. The van der Waals surface area contributed by atoms with Gasteiger partial charge in [-0.3, -0.25) is 14.7 Å². The Labute approximate surface area is 145 Å². The first-order valence-corrected chi connectivity index (χ1v) is 9.42. The summed E-state index contributed by atoms with van der Waals surface area (Å²) in [4.78, 5) is 24.8. The van der Waals surface area contributed by atoms with Gasteiger partial charge in [0.05, 0.1) is 18.9 Å². The molecule has 1 N–H and O–H groups in total. The third-order valence-electron chi connectivity index (χ3n) is 4.73. The lowest BCUT2D eigenvalue weighted by molar-refractivity contribution is 0.122. The minimum absolute atomic E-state index is 0.0267. The number of hydrogen-bond acceptors (Lipinski definition) is 6. The van der Waals surface area contributed by atoms with Crippen LogP contribution in [0.3, 0.4) is 0 Å². The minimum atomic E-state index is 0.0267. The van der Waals surface area contributed by atoms with Crippen molar-refractivity contribution in [3.8, 4) is 0 Å². The summed E-state index contributed by atoms with van der Waals surface area (Å²) >= 11 is 1.73. The van der Waals surface area contributed by atoms with Gasteiger partial charge in [0.15, 0.2) is 0 Å². The van der Waals surface area contributed by atoms with Crippen molar-refractivity contribution in [3.63, 3.8) is 0 Å². The fourth-order valence-electron chi connectivity index (χ4n) is 3.37. The number of ether oxygens (including phenoxy) is 1. The lowest BCUT2D eigenvalue weighted by Gasteiger charge is -2.27. The van der Waals surface area contributed by atoms with Gasteiger partial charge in [-0.25, -0.2) is 4.98 Å². The summed E-state index contributed by atoms with van der Waals surface area (Å²) in [5.41, 5.74) is 3.20. The number of rotatable bonds is 3. The number of thiophene rings is 1. The SMILES string of the molecule is O=c1[nH]c(N2CCOCC2)nc2c1CCN(Cc1ccsc1)CC2. The monoisotopic (exact) mass is 346 g/mol. The molecule has 2 aromatic heterocycles. The van der Waals surface area contributed by atoms with E-state index in [0.29, 0.717) is 19.2 Å². The second-order valence-electron chi connectivity index (χ2n) is 6.32. The summed E-state index contributed by atoms with van der Waals surface area (Å²) in [7, 11) is 0. The maximum absolute atomic E-state index is 12.5. The van der Waals surface area contributed by atoms with Crippen LogP contribution >= 0.6 is 11.3 Å². The second-order valence-corrected chi connectivity index (χ2v) is 7.10. The molecule has 4 rings (SSSR count). The van der Waals surface area contributed by atoms with E-state index in [4.69, 9.17) is 9.72 Å². The fourth-order valence-corrected chi connectivity index (χ4v) is 4.03. The van der Waals surface area contributed by atoms with E-state index in [-0.39, 0.29) is 5.56 Å². The number of aromatic amines is 1. The second kappa shape index (κ2) is 7.04. The number of aromatic nitrogens is 2. The zero-order valence-corrected chi connectivity index (χ0v) is 14.5. The molecule has 24 heavy (non-hydrogen) atoms. The Morgan fingerprint density at radius 3 is 2.83 bits per heavy atom. The van der Waals surface area contributed by atoms with Crippen molar-refractivity contribution in [2.24, 2.45) is 0 Å². The van der Waals surface area contributed by atoms with E-state index in [0.717, 1.165) is 56.8 Å². The summed E-state index contributed by atoms with van der Waals surface area (Å²) in [6.07, 6.45) is 1.60. The Hall–Kier alpha value is -1.70. The number of nitrogens with zero attached hydrogens (tertiary/aromatic N) is 3. The van der Waals surface area contributed by atoms with Crippen molar-refractivity contribution in [2.75, 3.05) is 44.3 Å². The van der Waals surface area contributed by atoms with E-state index >= 15 is 0 Å². The van der Waals surface area contributed by atoms with Gasteiger partial charge in [-0.05, 0) is 28.8 Å². The van der Waals surface area contributed by atoms with E-state index in [2.05, 4.69) is 31.6 Å². The molecule has 0 spiro atoms. The molecule has 1 saturated heterocycles. The molecule has 2 aliphatic heterocycles. The Bertz CT molecular complexity index is 738. The normalized spacial score (nSPS) is 19.1. The molecule has 2 aromatic rings. The number of fused-ring (bicyclic) bond motifs is 1. The average Bonchev–Trinajstić information content (AvgIpc) is 3.03. The summed E-state index contributed by atoms with van der Waals surface area (Å²) < 4.78 is 5.38. The van der Waals surface area contributed by atoms with Crippen LogP contribution in [0.1, 0.15) is 16.8 Å². The van der Waals surface area contributed by atoms with Gasteiger partial charge in [-0.1, -0.05) is 0 Å². The molecular weight excluding hydrogens is 324 g/mol. The highest BCUT2D eigenvalue weighted by atomic mass is 32.1. The molecule has 0 atom stereocenters. The standard InChI is InChI=1S/C17H22N4O2S/c22-16-14-1-4-20(11-13-3-10-24-12-13)5-2-15(14)18-17(19-16)21-6-8-23-9-7-21/h3,10,12H,1-2,4-9,11H2,(H,18,19,22). The van der Waals surface area contributed by atoms with Crippen molar-refractivity contribution in [3.05, 3.63) is 44.0 Å². The maximum Gasteiger partial charge on any atom is 0.255 e. The highest BCUT2D eigenvalue weighted by molar-refractivity contribution is 7.07. The number of H-pyrrole nitrogens is 1.